The van der Waals surface area contributed by atoms with Crippen molar-refractivity contribution < 1.29 is 14.3 Å². The first kappa shape index (κ1) is 15.7. The van der Waals surface area contributed by atoms with E-state index in [1.165, 1.54) is 0 Å². The predicted octanol–water partition coefficient (Wildman–Crippen LogP) is 3.33. The highest BCUT2D eigenvalue weighted by Crippen LogP contribution is 2.43. The predicted molar refractivity (Wildman–Crippen MR) is 84.5 cm³/mol. The summed E-state index contributed by atoms with van der Waals surface area (Å²) >= 11 is 0. The van der Waals surface area contributed by atoms with E-state index >= 15 is 0 Å². The summed E-state index contributed by atoms with van der Waals surface area (Å²) in [4.78, 5) is 23.9. The molecule has 1 saturated carbocycles. The maximum Gasteiger partial charge on any atom is 0.313 e. The summed E-state index contributed by atoms with van der Waals surface area (Å²) in [7, 11) is 0. The van der Waals surface area contributed by atoms with Crippen molar-refractivity contribution in [1.82, 2.24) is 0 Å². The van der Waals surface area contributed by atoms with Gasteiger partial charge in [0.15, 0.2) is 0 Å². The van der Waals surface area contributed by atoms with E-state index in [1.807, 2.05) is 18.2 Å². The first-order valence-corrected chi connectivity index (χ1v) is 8.34. The Kier molecular flexibility index (Phi) is 4.47. The number of nitrogens with zero attached hydrogens (tertiary/aromatic N) is 1. The van der Waals surface area contributed by atoms with Crippen molar-refractivity contribution in [3.05, 3.63) is 35.4 Å². The van der Waals surface area contributed by atoms with Crippen LogP contribution in [0.1, 0.15) is 56.1 Å². The summed E-state index contributed by atoms with van der Waals surface area (Å²) in [5, 5.41) is 9.23. The van der Waals surface area contributed by atoms with E-state index < -0.39 is 5.60 Å². The fourth-order valence-corrected chi connectivity index (χ4v) is 4.07. The van der Waals surface area contributed by atoms with E-state index in [4.69, 9.17) is 4.74 Å². The molecule has 3 rings (SSSR count). The van der Waals surface area contributed by atoms with Crippen LogP contribution in [0, 0.1) is 17.2 Å². The summed E-state index contributed by atoms with van der Waals surface area (Å²) in [6, 6.07) is 9.71. The van der Waals surface area contributed by atoms with Crippen LogP contribution in [0.25, 0.3) is 0 Å². The zero-order valence-electron chi connectivity index (χ0n) is 13.2. The van der Waals surface area contributed by atoms with Gasteiger partial charge in [0, 0.05) is 6.42 Å². The molecule has 0 bridgehead atoms. The lowest BCUT2D eigenvalue weighted by atomic mass is 9.76. The summed E-state index contributed by atoms with van der Waals surface area (Å²) in [6.07, 6.45) is 5.80. The molecule has 2 aliphatic rings. The average molecular weight is 311 g/mol. The minimum Gasteiger partial charge on any atom is -0.458 e. The number of aryl methyl sites for hydroxylation is 1. The SMILES string of the molecule is N#Cc1ccccc1CCC1(C2CCCC2)CC(=O)CC(=O)O1. The Balaban J connectivity index is 1.83. The lowest BCUT2D eigenvalue weighted by molar-refractivity contribution is -0.178. The number of ketones is 1. The largest absolute Gasteiger partial charge is 0.458 e. The van der Waals surface area contributed by atoms with Gasteiger partial charge in [-0.25, -0.2) is 0 Å². The molecule has 1 aromatic carbocycles. The van der Waals surface area contributed by atoms with Gasteiger partial charge in [-0.15, -0.1) is 0 Å². The highest BCUT2D eigenvalue weighted by atomic mass is 16.6. The number of hydrogen-bond donors (Lipinski definition) is 0. The van der Waals surface area contributed by atoms with E-state index in [1.54, 1.807) is 6.07 Å². The molecule has 1 aliphatic carbocycles. The van der Waals surface area contributed by atoms with E-state index in [2.05, 4.69) is 6.07 Å². The van der Waals surface area contributed by atoms with Crippen LogP contribution in [0.5, 0.6) is 0 Å². The number of ether oxygens (including phenoxy) is 1. The molecular weight excluding hydrogens is 290 g/mol. The smallest absolute Gasteiger partial charge is 0.313 e. The minimum atomic E-state index is -0.661. The van der Waals surface area contributed by atoms with Crippen molar-refractivity contribution in [3.8, 4) is 6.07 Å². The maximum atomic E-state index is 12.0. The standard InChI is InChI=1S/C19H21NO3/c20-13-15-6-2-1-5-14(15)9-10-19(16-7-3-4-8-16)12-17(21)11-18(22)23-19/h1-2,5-6,16H,3-4,7-12H2. The molecule has 0 aromatic heterocycles. The fourth-order valence-electron chi connectivity index (χ4n) is 4.07. The number of carbonyl (C=O) groups is 2. The van der Waals surface area contributed by atoms with Gasteiger partial charge in [-0.2, -0.15) is 5.26 Å². The Morgan fingerprint density at radius 3 is 2.65 bits per heavy atom. The highest BCUT2D eigenvalue weighted by Gasteiger charge is 2.47. The van der Waals surface area contributed by atoms with E-state index in [9.17, 15) is 14.9 Å². The van der Waals surface area contributed by atoms with Crippen molar-refractivity contribution in [2.24, 2.45) is 5.92 Å². The van der Waals surface area contributed by atoms with E-state index in [0.717, 1.165) is 31.2 Å². The maximum absolute atomic E-state index is 12.0. The second kappa shape index (κ2) is 6.54. The van der Waals surface area contributed by atoms with Gasteiger partial charge in [-0.3, -0.25) is 9.59 Å². The van der Waals surface area contributed by atoms with Gasteiger partial charge in [-0.1, -0.05) is 31.0 Å². The van der Waals surface area contributed by atoms with Gasteiger partial charge >= 0.3 is 5.97 Å². The highest BCUT2D eigenvalue weighted by molar-refractivity contribution is 5.98. The van der Waals surface area contributed by atoms with Crippen LogP contribution in [0.2, 0.25) is 0 Å². The van der Waals surface area contributed by atoms with Gasteiger partial charge in [0.2, 0.25) is 0 Å². The zero-order valence-corrected chi connectivity index (χ0v) is 13.2. The van der Waals surface area contributed by atoms with Crippen LogP contribution >= 0.6 is 0 Å². The van der Waals surface area contributed by atoms with Crippen LogP contribution < -0.4 is 0 Å². The number of Topliss-reactive ketones (excluding diaryl/α,β-unsaturated/α-hetero) is 1. The van der Waals surface area contributed by atoms with Gasteiger partial charge in [-0.05, 0) is 43.2 Å². The second-order valence-corrected chi connectivity index (χ2v) is 6.68. The number of carbonyl (C=O) groups excluding carboxylic acids is 2. The molecule has 4 heteroatoms. The summed E-state index contributed by atoms with van der Waals surface area (Å²) < 4.78 is 5.78. The van der Waals surface area contributed by atoms with E-state index in [-0.39, 0.29) is 24.1 Å². The Bertz CT molecular complexity index is 637. The number of benzene rings is 1. The molecule has 1 aliphatic heterocycles. The Labute approximate surface area is 136 Å². The number of nitriles is 1. The van der Waals surface area contributed by atoms with Crippen molar-refractivity contribution in [1.29, 1.82) is 5.26 Å². The Hall–Kier alpha value is -2.15. The normalized spacial score (nSPS) is 25.2. The molecule has 1 unspecified atom stereocenters. The molecule has 0 N–H and O–H groups in total. The summed E-state index contributed by atoms with van der Waals surface area (Å²) in [5.41, 5.74) is 0.954. The van der Waals surface area contributed by atoms with Gasteiger partial charge in [0.25, 0.3) is 0 Å². The van der Waals surface area contributed by atoms with Crippen molar-refractivity contribution in [3.63, 3.8) is 0 Å². The molecule has 0 amide bonds. The lowest BCUT2D eigenvalue weighted by Crippen LogP contribution is -2.48. The number of hydrogen-bond acceptors (Lipinski definition) is 4. The Morgan fingerprint density at radius 1 is 1.22 bits per heavy atom. The molecule has 1 saturated heterocycles. The van der Waals surface area contributed by atoms with Crippen LogP contribution in [0.15, 0.2) is 24.3 Å². The summed E-state index contributed by atoms with van der Waals surface area (Å²) in [6.45, 7) is 0. The number of rotatable bonds is 4. The third-order valence-corrected chi connectivity index (χ3v) is 5.21. The van der Waals surface area contributed by atoms with Crippen LogP contribution in [-0.4, -0.2) is 17.4 Å². The van der Waals surface area contributed by atoms with Gasteiger partial charge in [0.1, 0.15) is 17.8 Å². The van der Waals surface area contributed by atoms with Gasteiger partial charge < -0.3 is 4.74 Å². The second-order valence-electron chi connectivity index (χ2n) is 6.68. The molecule has 1 aromatic rings. The molecule has 0 spiro atoms. The zero-order chi connectivity index (χ0) is 16.3. The number of cyclic esters (lactones) is 1. The van der Waals surface area contributed by atoms with Crippen molar-refractivity contribution in [2.45, 2.75) is 57.0 Å². The molecule has 1 heterocycles. The third-order valence-electron chi connectivity index (χ3n) is 5.21. The van der Waals surface area contributed by atoms with Crippen LogP contribution in [0.3, 0.4) is 0 Å². The first-order chi connectivity index (χ1) is 11.1. The molecular formula is C19H21NO3. The van der Waals surface area contributed by atoms with Crippen LogP contribution in [0.4, 0.5) is 0 Å². The molecule has 2 fully saturated rings. The first-order valence-electron chi connectivity index (χ1n) is 8.34. The molecule has 120 valence electrons. The topological polar surface area (TPSA) is 67.2 Å². The lowest BCUT2D eigenvalue weighted by Gasteiger charge is -2.41. The molecule has 0 radical (unpaired) electrons. The fraction of sp³-hybridized carbons (Fsp3) is 0.526. The van der Waals surface area contributed by atoms with Crippen LogP contribution in [-0.2, 0) is 20.7 Å². The van der Waals surface area contributed by atoms with Crippen molar-refractivity contribution >= 4 is 11.8 Å². The monoisotopic (exact) mass is 311 g/mol. The van der Waals surface area contributed by atoms with E-state index in [0.29, 0.717) is 24.8 Å². The van der Waals surface area contributed by atoms with Crippen molar-refractivity contribution in [2.75, 3.05) is 0 Å². The number of esters is 1. The Morgan fingerprint density at radius 2 is 1.96 bits per heavy atom. The molecule has 23 heavy (non-hydrogen) atoms. The van der Waals surface area contributed by atoms with Gasteiger partial charge in [0.05, 0.1) is 11.6 Å². The summed E-state index contributed by atoms with van der Waals surface area (Å²) in [5.74, 6) is -0.131. The molecule has 4 nitrogen and oxygen atoms in total. The average Bonchev–Trinajstić information content (AvgIpc) is 3.07. The molecule has 1 atom stereocenters. The minimum absolute atomic E-state index is 0.0123. The quantitative estimate of drug-likeness (QED) is 0.632. The third kappa shape index (κ3) is 3.29.